The van der Waals surface area contributed by atoms with E-state index in [9.17, 15) is 27.9 Å². The van der Waals surface area contributed by atoms with Gasteiger partial charge in [-0.15, -0.1) is 0 Å². The van der Waals surface area contributed by atoms with Crippen LogP contribution in [0.15, 0.2) is 36.4 Å². The maximum absolute atomic E-state index is 13.3. The number of carbonyl (C=O) groups is 2. The summed E-state index contributed by atoms with van der Waals surface area (Å²) in [5.74, 6) is 3.79. The fourth-order valence-electron chi connectivity index (χ4n) is 3.05. The zero-order chi connectivity index (χ0) is 22.8. The van der Waals surface area contributed by atoms with E-state index in [1.807, 2.05) is 0 Å². The van der Waals surface area contributed by atoms with E-state index >= 15 is 0 Å². The molecule has 162 valence electrons. The van der Waals surface area contributed by atoms with Crippen LogP contribution in [0.5, 0.6) is 0 Å². The molecule has 0 saturated carbocycles. The summed E-state index contributed by atoms with van der Waals surface area (Å²) in [5, 5.41) is 10.4. The average molecular weight is 432 g/mol. The number of alkyl halides is 3. The summed E-state index contributed by atoms with van der Waals surface area (Å²) >= 11 is 0. The van der Waals surface area contributed by atoms with Crippen molar-refractivity contribution in [1.29, 1.82) is 0 Å². The van der Waals surface area contributed by atoms with Crippen molar-refractivity contribution >= 4 is 11.9 Å². The molecule has 0 aliphatic carbocycles. The van der Waals surface area contributed by atoms with Gasteiger partial charge in [-0.3, -0.25) is 4.79 Å². The number of halogens is 3. The molecule has 6 nitrogen and oxygen atoms in total. The lowest BCUT2D eigenvalue weighted by Gasteiger charge is -2.13. The van der Waals surface area contributed by atoms with E-state index in [1.54, 1.807) is 19.2 Å². The second kappa shape index (κ2) is 8.40. The number of hydrogen-bond acceptors (Lipinski definition) is 5. The molecule has 2 heterocycles. The third-order valence-corrected chi connectivity index (χ3v) is 4.72. The summed E-state index contributed by atoms with van der Waals surface area (Å²) in [5.41, 5.74) is -2.73. The maximum atomic E-state index is 13.3. The fourth-order valence-corrected chi connectivity index (χ4v) is 3.05. The predicted molar refractivity (Wildman–Crippen MR) is 105 cm³/mol. The Bertz CT molecular complexity index is 1090. The zero-order valence-corrected chi connectivity index (χ0v) is 16.8. The number of carbonyl (C=O) groups excluding carboxylic acids is 2. The van der Waals surface area contributed by atoms with Crippen LogP contribution in [0, 0.1) is 11.8 Å². The van der Waals surface area contributed by atoms with Crippen molar-refractivity contribution in [1.82, 2.24) is 9.88 Å². The van der Waals surface area contributed by atoms with Crippen molar-refractivity contribution in [3.05, 3.63) is 53.2 Å². The summed E-state index contributed by atoms with van der Waals surface area (Å²) in [6.45, 7) is 1.90. The number of nitrogens with zero attached hydrogens (tertiary/aromatic N) is 2. The molecule has 0 radical (unpaired) electrons. The number of pyridine rings is 1. The number of aromatic nitrogens is 1. The van der Waals surface area contributed by atoms with E-state index < -0.39 is 34.9 Å². The molecule has 1 aromatic heterocycles. The number of amides is 1. The molecule has 1 aromatic carbocycles. The van der Waals surface area contributed by atoms with Gasteiger partial charge in [-0.1, -0.05) is 24.0 Å². The standard InChI is InChI=1S/C22H19F3N2O4/c1-3-31-19(28)18-13-16(22(23,24)25)12-17(26-18)15-6-4-5-14(11-15)7-8-21(30)9-10-27(2)20(21)29/h4-6,11-13,30H,3,9-10H2,1-2H3. The van der Waals surface area contributed by atoms with Gasteiger partial charge in [0.1, 0.15) is 5.69 Å². The quantitative estimate of drug-likeness (QED) is 0.596. The summed E-state index contributed by atoms with van der Waals surface area (Å²) in [7, 11) is 1.56. The van der Waals surface area contributed by atoms with Crippen molar-refractivity contribution in [3.8, 4) is 23.1 Å². The van der Waals surface area contributed by atoms with Crippen molar-refractivity contribution < 1.29 is 32.6 Å². The number of benzene rings is 1. The summed E-state index contributed by atoms with van der Waals surface area (Å²) in [6, 6.07) is 7.60. The maximum Gasteiger partial charge on any atom is 0.416 e. The third-order valence-electron chi connectivity index (χ3n) is 4.72. The lowest BCUT2D eigenvalue weighted by molar-refractivity contribution is -0.138. The van der Waals surface area contributed by atoms with Gasteiger partial charge in [-0.25, -0.2) is 9.78 Å². The minimum Gasteiger partial charge on any atom is -0.461 e. The molecular formula is C22H19F3N2O4. The molecule has 1 aliphatic rings. The van der Waals surface area contributed by atoms with E-state index in [1.165, 1.54) is 24.0 Å². The van der Waals surface area contributed by atoms with Gasteiger partial charge in [0, 0.05) is 31.1 Å². The predicted octanol–water partition coefficient (Wildman–Crippen LogP) is 2.89. The van der Waals surface area contributed by atoms with Gasteiger partial charge in [-0.05, 0) is 31.2 Å². The highest BCUT2D eigenvalue weighted by Gasteiger charge is 2.42. The Morgan fingerprint density at radius 1 is 1.32 bits per heavy atom. The SMILES string of the molecule is CCOC(=O)c1cc(C(F)(F)F)cc(-c2cccc(C#CC3(O)CCN(C)C3=O)c2)n1. The third kappa shape index (κ3) is 4.86. The molecule has 3 rings (SSSR count). The van der Waals surface area contributed by atoms with Crippen LogP contribution < -0.4 is 0 Å². The second-order valence-electron chi connectivity index (χ2n) is 7.01. The van der Waals surface area contributed by atoms with Crippen LogP contribution in [0.3, 0.4) is 0 Å². The van der Waals surface area contributed by atoms with Gasteiger partial charge in [0.25, 0.3) is 5.91 Å². The zero-order valence-electron chi connectivity index (χ0n) is 16.8. The number of likely N-dealkylation sites (tertiary alicyclic amines) is 1. The smallest absolute Gasteiger partial charge is 0.416 e. The first kappa shape index (κ1) is 22.3. The molecule has 9 heteroatoms. The number of likely N-dealkylation sites (N-methyl/N-ethyl adjacent to an activating group) is 1. The first-order valence-corrected chi connectivity index (χ1v) is 9.41. The van der Waals surface area contributed by atoms with Gasteiger partial charge >= 0.3 is 12.1 Å². The molecule has 1 aliphatic heterocycles. The highest BCUT2D eigenvalue weighted by atomic mass is 19.4. The molecule has 1 amide bonds. The Labute approximate surface area is 176 Å². The van der Waals surface area contributed by atoms with Gasteiger partial charge < -0.3 is 14.7 Å². The van der Waals surface area contributed by atoms with Crippen LogP contribution in [0.25, 0.3) is 11.3 Å². The summed E-state index contributed by atoms with van der Waals surface area (Å²) < 4.78 is 44.8. The van der Waals surface area contributed by atoms with Crippen molar-refractivity contribution in [2.24, 2.45) is 0 Å². The normalized spacial score (nSPS) is 18.5. The molecule has 1 unspecified atom stereocenters. The lowest BCUT2D eigenvalue weighted by atomic mass is 10.0. The number of aliphatic hydroxyl groups is 1. The molecular weight excluding hydrogens is 413 g/mol. The molecule has 2 aromatic rings. The highest BCUT2D eigenvalue weighted by molar-refractivity contribution is 5.90. The Balaban J connectivity index is 2.01. The van der Waals surface area contributed by atoms with Crippen LogP contribution in [0.2, 0.25) is 0 Å². The van der Waals surface area contributed by atoms with Crippen molar-refractivity contribution in [2.75, 3.05) is 20.2 Å². The topological polar surface area (TPSA) is 79.7 Å². The first-order chi connectivity index (χ1) is 14.5. The number of hydrogen-bond donors (Lipinski definition) is 1. The van der Waals surface area contributed by atoms with Crippen molar-refractivity contribution in [2.45, 2.75) is 25.1 Å². The van der Waals surface area contributed by atoms with Crippen LogP contribution in [0.4, 0.5) is 13.2 Å². The Morgan fingerprint density at radius 3 is 2.68 bits per heavy atom. The highest BCUT2D eigenvalue weighted by Crippen LogP contribution is 2.32. The number of ether oxygens (including phenoxy) is 1. The minimum atomic E-state index is -4.69. The van der Waals surface area contributed by atoms with Crippen molar-refractivity contribution in [3.63, 3.8) is 0 Å². The van der Waals surface area contributed by atoms with Crippen LogP contribution in [0.1, 0.15) is 35.0 Å². The Hall–Kier alpha value is -3.38. The van der Waals surface area contributed by atoms with E-state index in [0.717, 1.165) is 6.07 Å². The van der Waals surface area contributed by atoms with Gasteiger partial charge in [-0.2, -0.15) is 13.2 Å². The van der Waals surface area contributed by atoms with E-state index in [2.05, 4.69) is 16.8 Å². The molecule has 1 saturated heterocycles. The summed E-state index contributed by atoms with van der Waals surface area (Å²) in [4.78, 5) is 29.4. The second-order valence-corrected chi connectivity index (χ2v) is 7.01. The lowest BCUT2D eigenvalue weighted by Crippen LogP contribution is -2.37. The van der Waals surface area contributed by atoms with Crippen LogP contribution in [-0.4, -0.2) is 52.7 Å². The monoisotopic (exact) mass is 432 g/mol. The van der Waals surface area contributed by atoms with Crippen LogP contribution >= 0.6 is 0 Å². The van der Waals surface area contributed by atoms with Crippen LogP contribution in [-0.2, 0) is 15.7 Å². The molecule has 0 spiro atoms. The number of rotatable bonds is 3. The number of esters is 1. The molecule has 0 bridgehead atoms. The molecule has 1 fully saturated rings. The Morgan fingerprint density at radius 2 is 2.06 bits per heavy atom. The van der Waals surface area contributed by atoms with E-state index in [0.29, 0.717) is 18.2 Å². The fraction of sp³-hybridized carbons (Fsp3) is 0.318. The molecule has 1 atom stereocenters. The summed E-state index contributed by atoms with van der Waals surface area (Å²) in [6.07, 6.45) is -4.53. The van der Waals surface area contributed by atoms with Gasteiger partial charge in [0.2, 0.25) is 5.60 Å². The molecule has 31 heavy (non-hydrogen) atoms. The van der Waals surface area contributed by atoms with E-state index in [-0.39, 0.29) is 24.3 Å². The minimum absolute atomic E-state index is 0.00597. The first-order valence-electron chi connectivity index (χ1n) is 9.41. The van der Waals surface area contributed by atoms with Gasteiger partial charge in [0.05, 0.1) is 17.9 Å². The Kier molecular flexibility index (Phi) is 6.04. The van der Waals surface area contributed by atoms with Gasteiger partial charge in [0.15, 0.2) is 0 Å². The van der Waals surface area contributed by atoms with E-state index in [4.69, 9.17) is 4.74 Å². The largest absolute Gasteiger partial charge is 0.461 e. The molecule has 1 N–H and O–H groups in total. The average Bonchev–Trinajstić information content (AvgIpc) is 2.99.